The number of amides is 1. The Morgan fingerprint density at radius 2 is 1.67 bits per heavy atom. The third-order valence-electron chi connectivity index (χ3n) is 4.34. The van der Waals surface area contributed by atoms with E-state index in [0.29, 0.717) is 5.56 Å². The van der Waals surface area contributed by atoms with Gasteiger partial charge in [0.25, 0.3) is 5.69 Å². The number of rotatable bonds is 7. The van der Waals surface area contributed by atoms with E-state index in [1.165, 1.54) is 24.3 Å². The Balaban J connectivity index is 1.51. The molecule has 0 unspecified atom stereocenters. The summed E-state index contributed by atoms with van der Waals surface area (Å²) in [7, 11) is 0. The minimum atomic E-state index is -1.14. The number of carbonyl (C=O) groups is 3. The van der Waals surface area contributed by atoms with Crippen molar-refractivity contribution in [2.75, 3.05) is 6.73 Å². The summed E-state index contributed by atoms with van der Waals surface area (Å²) in [4.78, 5) is 47.5. The molecule has 0 spiro atoms. The van der Waals surface area contributed by atoms with Crippen molar-refractivity contribution in [1.29, 1.82) is 0 Å². The quantitative estimate of drug-likeness (QED) is 0.293. The summed E-state index contributed by atoms with van der Waals surface area (Å²) in [6.45, 7) is -0.425. The van der Waals surface area contributed by atoms with E-state index in [4.69, 9.17) is 14.2 Å². The SMILES string of the molecule is O=C(C[C@H]1C(=O)OCN1C(=O)OCc1ccccc1)OCc1ccc([N+](=O)[O-])cc1. The normalized spacial score (nSPS) is 15.4. The lowest BCUT2D eigenvalue weighted by Gasteiger charge is -2.19. The van der Waals surface area contributed by atoms with Gasteiger partial charge in [-0.25, -0.2) is 9.59 Å². The van der Waals surface area contributed by atoms with Gasteiger partial charge in [-0.1, -0.05) is 30.3 Å². The maximum Gasteiger partial charge on any atom is 0.413 e. The van der Waals surface area contributed by atoms with E-state index in [1.807, 2.05) is 6.07 Å². The number of nitro groups is 1. The Morgan fingerprint density at radius 3 is 2.33 bits per heavy atom. The van der Waals surface area contributed by atoms with Crippen LogP contribution < -0.4 is 0 Å². The molecule has 10 nitrogen and oxygen atoms in total. The van der Waals surface area contributed by atoms with Gasteiger partial charge in [-0.3, -0.25) is 19.8 Å². The van der Waals surface area contributed by atoms with Crippen molar-refractivity contribution in [3.05, 3.63) is 75.8 Å². The second-order valence-electron chi connectivity index (χ2n) is 6.41. The Bertz CT molecular complexity index is 930. The van der Waals surface area contributed by atoms with E-state index in [2.05, 4.69) is 0 Å². The number of nitrogens with zero attached hydrogens (tertiary/aromatic N) is 2. The molecule has 0 N–H and O–H groups in total. The fourth-order valence-electron chi connectivity index (χ4n) is 2.72. The summed E-state index contributed by atoms with van der Waals surface area (Å²) in [5.41, 5.74) is 1.24. The van der Waals surface area contributed by atoms with Crippen molar-refractivity contribution in [2.45, 2.75) is 25.7 Å². The highest BCUT2D eigenvalue weighted by Crippen LogP contribution is 2.18. The first kappa shape index (κ1) is 20.8. The first-order chi connectivity index (χ1) is 14.4. The van der Waals surface area contributed by atoms with Crippen LogP contribution in [0.1, 0.15) is 17.5 Å². The summed E-state index contributed by atoms with van der Waals surface area (Å²) in [5.74, 6) is -1.45. The fraction of sp³-hybridized carbons (Fsp3) is 0.250. The maximum atomic E-state index is 12.3. The molecule has 2 aromatic rings. The monoisotopic (exact) mass is 414 g/mol. The zero-order valence-corrected chi connectivity index (χ0v) is 15.8. The van der Waals surface area contributed by atoms with Crippen LogP contribution >= 0.6 is 0 Å². The molecule has 3 rings (SSSR count). The van der Waals surface area contributed by atoms with E-state index in [-0.39, 0.29) is 25.6 Å². The molecule has 0 radical (unpaired) electrons. The number of esters is 2. The van der Waals surface area contributed by atoms with Gasteiger partial charge < -0.3 is 14.2 Å². The summed E-state index contributed by atoms with van der Waals surface area (Å²) in [6, 6.07) is 13.4. The Kier molecular flexibility index (Phi) is 6.58. The van der Waals surface area contributed by atoms with Crippen molar-refractivity contribution in [3.8, 4) is 0 Å². The molecule has 1 saturated heterocycles. The van der Waals surface area contributed by atoms with Crippen molar-refractivity contribution < 1.29 is 33.5 Å². The lowest BCUT2D eigenvalue weighted by molar-refractivity contribution is -0.384. The van der Waals surface area contributed by atoms with E-state index >= 15 is 0 Å². The third-order valence-corrected chi connectivity index (χ3v) is 4.34. The highest BCUT2D eigenvalue weighted by molar-refractivity contribution is 5.88. The molecule has 1 heterocycles. The second-order valence-corrected chi connectivity index (χ2v) is 6.41. The summed E-state index contributed by atoms with van der Waals surface area (Å²) in [6.07, 6.45) is -1.18. The van der Waals surface area contributed by atoms with Crippen LogP contribution in [0.3, 0.4) is 0 Å². The number of benzene rings is 2. The highest BCUT2D eigenvalue weighted by Gasteiger charge is 2.40. The van der Waals surface area contributed by atoms with Crippen LogP contribution in [0.5, 0.6) is 0 Å². The van der Waals surface area contributed by atoms with Crippen LogP contribution in [0.25, 0.3) is 0 Å². The van der Waals surface area contributed by atoms with Gasteiger partial charge in [0.1, 0.15) is 19.3 Å². The number of ether oxygens (including phenoxy) is 3. The molecule has 1 aliphatic heterocycles. The van der Waals surface area contributed by atoms with E-state index in [0.717, 1.165) is 10.5 Å². The molecule has 1 aliphatic rings. The molecule has 1 fully saturated rings. The molecule has 156 valence electrons. The molecule has 1 atom stereocenters. The lowest BCUT2D eigenvalue weighted by atomic mass is 10.2. The van der Waals surface area contributed by atoms with Crippen LogP contribution in [0, 0.1) is 10.1 Å². The van der Waals surface area contributed by atoms with Crippen LogP contribution in [0.15, 0.2) is 54.6 Å². The van der Waals surface area contributed by atoms with E-state index in [9.17, 15) is 24.5 Å². The number of cyclic esters (lactones) is 1. The van der Waals surface area contributed by atoms with Gasteiger partial charge in [0.2, 0.25) is 0 Å². The van der Waals surface area contributed by atoms with Gasteiger partial charge >= 0.3 is 18.0 Å². The molecule has 2 aromatic carbocycles. The summed E-state index contributed by atoms with van der Waals surface area (Å²) < 4.78 is 15.1. The standard InChI is InChI=1S/C20H18N2O8/c23-18(28-11-15-6-8-16(9-7-15)22(26)27)10-17-19(24)30-13-21(17)20(25)29-12-14-4-2-1-3-5-14/h1-9,17H,10-13H2/t17-/m0/s1. The maximum absolute atomic E-state index is 12.3. The largest absolute Gasteiger partial charge is 0.461 e. The molecular formula is C20H18N2O8. The molecule has 0 aliphatic carbocycles. The molecule has 0 aromatic heterocycles. The Labute approximate surface area is 171 Å². The average Bonchev–Trinajstić information content (AvgIpc) is 3.11. The van der Waals surface area contributed by atoms with Crippen molar-refractivity contribution in [2.24, 2.45) is 0 Å². The van der Waals surface area contributed by atoms with Crippen molar-refractivity contribution in [3.63, 3.8) is 0 Å². The number of carbonyl (C=O) groups excluding carboxylic acids is 3. The molecule has 1 amide bonds. The first-order valence-corrected chi connectivity index (χ1v) is 8.97. The van der Waals surface area contributed by atoms with E-state index < -0.39 is 35.4 Å². The number of hydrogen-bond donors (Lipinski definition) is 0. The highest BCUT2D eigenvalue weighted by atomic mass is 16.6. The van der Waals surface area contributed by atoms with Crippen LogP contribution in [0.2, 0.25) is 0 Å². The number of non-ortho nitro benzene ring substituents is 1. The smallest absolute Gasteiger partial charge is 0.413 e. The average molecular weight is 414 g/mol. The van der Waals surface area contributed by atoms with Crippen molar-refractivity contribution in [1.82, 2.24) is 4.90 Å². The van der Waals surface area contributed by atoms with Gasteiger partial charge in [-0.05, 0) is 23.3 Å². The predicted molar refractivity (Wildman–Crippen MR) is 101 cm³/mol. The minimum absolute atomic E-state index is 0.0155. The van der Waals surface area contributed by atoms with Crippen molar-refractivity contribution >= 4 is 23.7 Å². The molecule has 0 saturated carbocycles. The van der Waals surface area contributed by atoms with Crippen LogP contribution in [-0.4, -0.2) is 40.6 Å². The molecule has 30 heavy (non-hydrogen) atoms. The molecule has 0 bridgehead atoms. The van der Waals surface area contributed by atoms with Gasteiger partial charge in [0, 0.05) is 12.1 Å². The Morgan fingerprint density at radius 1 is 1.03 bits per heavy atom. The lowest BCUT2D eigenvalue weighted by Crippen LogP contribution is -2.40. The number of hydrogen-bond acceptors (Lipinski definition) is 8. The van der Waals surface area contributed by atoms with Crippen LogP contribution in [0.4, 0.5) is 10.5 Å². The van der Waals surface area contributed by atoms with Gasteiger partial charge in [0.15, 0.2) is 6.73 Å². The zero-order chi connectivity index (χ0) is 21.5. The number of nitro benzene ring substituents is 1. The van der Waals surface area contributed by atoms with Gasteiger partial charge in [-0.2, -0.15) is 0 Å². The minimum Gasteiger partial charge on any atom is -0.461 e. The zero-order valence-electron chi connectivity index (χ0n) is 15.8. The fourth-order valence-corrected chi connectivity index (χ4v) is 2.72. The van der Waals surface area contributed by atoms with Crippen LogP contribution in [-0.2, 0) is 37.0 Å². The Hall–Kier alpha value is -3.95. The molecular weight excluding hydrogens is 396 g/mol. The van der Waals surface area contributed by atoms with Gasteiger partial charge in [0.05, 0.1) is 11.3 Å². The van der Waals surface area contributed by atoms with Gasteiger partial charge in [-0.15, -0.1) is 0 Å². The van der Waals surface area contributed by atoms with E-state index in [1.54, 1.807) is 24.3 Å². The summed E-state index contributed by atoms with van der Waals surface area (Å²) >= 11 is 0. The summed E-state index contributed by atoms with van der Waals surface area (Å²) in [5, 5.41) is 10.6. The predicted octanol–water partition coefficient (Wildman–Crippen LogP) is 2.55. The first-order valence-electron chi connectivity index (χ1n) is 8.97. The molecule has 10 heteroatoms. The topological polar surface area (TPSA) is 125 Å². The third kappa shape index (κ3) is 5.31. The second kappa shape index (κ2) is 9.50.